The van der Waals surface area contributed by atoms with Crippen LogP contribution < -0.4 is 25.9 Å². The topological polar surface area (TPSA) is 35.5 Å². The number of ether oxygens (including phenoxy) is 2. The SMILES string of the molecule is CC(C)(C)OC(=O)Oc1ccc2c(c1)-c1ccccc1[I-]2. The van der Waals surface area contributed by atoms with E-state index in [-0.39, 0.29) is 21.2 Å². The van der Waals surface area contributed by atoms with Crippen molar-refractivity contribution >= 4 is 6.16 Å². The van der Waals surface area contributed by atoms with Gasteiger partial charge in [0.15, 0.2) is 0 Å². The fourth-order valence-corrected chi connectivity index (χ4v) is 4.97. The van der Waals surface area contributed by atoms with E-state index < -0.39 is 11.8 Å². The number of rotatable bonds is 1. The Bertz CT molecular complexity index is 701. The monoisotopic (exact) mass is 395 g/mol. The summed E-state index contributed by atoms with van der Waals surface area (Å²) in [5.41, 5.74) is 1.89. The summed E-state index contributed by atoms with van der Waals surface area (Å²) in [6.45, 7) is 5.45. The number of carbonyl (C=O) groups excluding carboxylic acids is 1. The summed E-state index contributed by atoms with van der Waals surface area (Å²) in [5.74, 6) is 0.531. The van der Waals surface area contributed by atoms with Gasteiger partial charge in [-0.25, -0.2) is 0 Å². The van der Waals surface area contributed by atoms with E-state index in [1.54, 1.807) is 0 Å². The van der Waals surface area contributed by atoms with Crippen molar-refractivity contribution in [2.45, 2.75) is 26.4 Å². The molecule has 0 aliphatic carbocycles. The van der Waals surface area contributed by atoms with E-state index in [4.69, 9.17) is 9.47 Å². The molecule has 0 fully saturated rings. The van der Waals surface area contributed by atoms with Gasteiger partial charge in [0, 0.05) is 0 Å². The van der Waals surface area contributed by atoms with Crippen LogP contribution in [-0.2, 0) is 4.74 Å². The first-order valence-corrected chi connectivity index (χ1v) is 8.87. The molecule has 4 heteroatoms. The standard InChI is InChI=1S/C17H16IO3/c1-17(2,3)21-16(19)20-11-8-9-15-13(10-11)12-6-4-5-7-14(12)18-15/h4-10H,1-3H3/q-1. The molecule has 3 rings (SSSR count). The van der Waals surface area contributed by atoms with Gasteiger partial charge < -0.3 is 0 Å². The second-order valence-electron chi connectivity index (χ2n) is 5.78. The Hall–Kier alpha value is -1.56. The van der Waals surface area contributed by atoms with Crippen LogP contribution in [-0.4, -0.2) is 11.8 Å². The van der Waals surface area contributed by atoms with Crippen LogP contribution in [0.2, 0.25) is 0 Å². The van der Waals surface area contributed by atoms with Gasteiger partial charge in [0.1, 0.15) is 0 Å². The van der Waals surface area contributed by atoms with Gasteiger partial charge in [-0.3, -0.25) is 0 Å². The Balaban J connectivity index is 1.84. The van der Waals surface area contributed by atoms with Crippen LogP contribution in [0.15, 0.2) is 42.5 Å². The summed E-state index contributed by atoms with van der Waals surface area (Å²) in [5, 5.41) is 0. The summed E-state index contributed by atoms with van der Waals surface area (Å²) in [4.78, 5) is 11.7. The summed E-state index contributed by atoms with van der Waals surface area (Å²) in [6, 6.07) is 14.2. The molecule has 0 saturated carbocycles. The van der Waals surface area contributed by atoms with E-state index >= 15 is 0 Å². The van der Waals surface area contributed by atoms with Crippen LogP contribution in [0.25, 0.3) is 11.1 Å². The molecule has 1 aliphatic heterocycles. The molecule has 2 aromatic rings. The van der Waals surface area contributed by atoms with Gasteiger partial charge in [-0.15, -0.1) is 0 Å². The first-order chi connectivity index (χ1) is 9.92. The summed E-state index contributed by atoms with van der Waals surface area (Å²) >= 11 is -0.126. The number of benzene rings is 2. The first-order valence-electron chi connectivity index (χ1n) is 6.71. The van der Waals surface area contributed by atoms with Crippen LogP contribution in [0, 0.1) is 7.14 Å². The Labute approximate surface area is 134 Å². The molecule has 2 aromatic carbocycles. The zero-order valence-electron chi connectivity index (χ0n) is 12.1. The van der Waals surface area contributed by atoms with Crippen molar-refractivity contribution in [2.75, 3.05) is 0 Å². The first kappa shape index (κ1) is 14.4. The van der Waals surface area contributed by atoms with Gasteiger partial charge in [-0.2, -0.15) is 0 Å². The molecular weight excluding hydrogens is 379 g/mol. The number of carbonyl (C=O) groups is 1. The van der Waals surface area contributed by atoms with Gasteiger partial charge in [-0.05, 0) is 0 Å². The molecule has 1 aliphatic rings. The van der Waals surface area contributed by atoms with Crippen molar-refractivity contribution in [1.29, 1.82) is 0 Å². The summed E-state index contributed by atoms with van der Waals surface area (Å²) < 4.78 is 13.2. The van der Waals surface area contributed by atoms with Crippen LogP contribution in [0.3, 0.4) is 0 Å². The van der Waals surface area contributed by atoms with Gasteiger partial charge in [0.25, 0.3) is 0 Å². The molecule has 21 heavy (non-hydrogen) atoms. The zero-order valence-corrected chi connectivity index (χ0v) is 14.3. The normalized spacial score (nSPS) is 12.9. The minimum absolute atomic E-state index is 0.126. The minimum atomic E-state index is -0.663. The molecule has 0 atom stereocenters. The van der Waals surface area contributed by atoms with Crippen LogP contribution in [0.5, 0.6) is 5.75 Å². The Morgan fingerprint density at radius 1 is 1.00 bits per heavy atom. The number of hydrogen-bond donors (Lipinski definition) is 0. The Morgan fingerprint density at radius 2 is 1.71 bits per heavy atom. The molecule has 0 unspecified atom stereocenters. The maximum atomic E-state index is 11.7. The molecule has 0 spiro atoms. The average Bonchev–Trinajstić information content (AvgIpc) is 2.74. The maximum absolute atomic E-state index is 11.7. The summed E-state index contributed by atoms with van der Waals surface area (Å²) in [6.07, 6.45) is -0.663. The van der Waals surface area contributed by atoms with Crippen LogP contribution in [0.4, 0.5) is 4.79 Å². The number of halogens is 1. The molecule has 0 radical (unpaired) electrons. The van der Waals surface area contributed by atoms with Crippen LogP contribution in [0.1, 0.15) is 20.8 Å². The molecule has 1 heterocycles. The quantitative estimate of drug-likeness (QED) is 0.352. The molecule has 0 N–H and O–H groups in total. The van der Waals surface area contributed by atoms with Crippen molar-refractivity contribution < 1.29 is 35.5 Å². The molecule has 0 amide bonds. The fraction of sp³-hybridized carbons (Fsp3) is 0.235. The molecule has 3 nitrogen and oxygen atoms in total. The third-order valence-corrected chi connectivity index (χ3v) is 5.94. The van der Waals surface area contributed by atoms with Crippen molar-refractivity contribution in [3.63, 3.8) is 0 Å². The van der Waals surface area contributed by atoms with Gasteiger partial charge in [-0.1, -0.05) is 0 Å². The van der Waals surface area contributed by atoms with Crippen molar-refractivity contribution in [2.24, 2.45) is 0 Å². The van der Waals surface area contributed by atoms with E-state index in [0.717, 1.165) is 0 Å². The van der Waals surface area contributed by atoms with E-state index in [2.05, 4.69) is 24.3 Å². The molecular formula is C17H16IO3-. The predicted octanol–water partition coefficient (Wildman–Crippen LogP) is 1.11. The second kappa shape index (κ2) is 5.33. The third-order valence-electron chi connectivity index (χ3n) is 2.90. The Kier molecular flexibility index (Phi) is 3.65. The van der Waals surface area contributed by atoms with E-state index in [9.17, 15) is 4.79 Å². The van der Waals surface area contributed by atoms with Gasteiger partial charge in [0.2, 0.25) is 0 Å². The molecule has 0 aromatic heterocycles. The molecule has 0 bridgehead atoms. The number of fused-ring (bicyclic) bond motifs is 3. The van der Waals surface area contributed by atoms with Crippen LogP contribution >= 0.6 is 0 Å². The van der Waals surface area contributed by atoms with Crippen molar-refractivity contribution in [3.05, 3.63) is 49.6 Å². The zero-order chi connectivity index (χ0) is 15.0. The van der Waals surface area contributed by atoms with E-state index in [1.807, 2.05) is 39.0 Å². The third kappa shape index (κ3) is 3.20. The average molecular weight is 395 g/mol. The predicted molar refractivity (Wildman–Crippen MR) is 76.1 cm³/mol. The second-order valence-corrected chi connectivity index (χ2v) is 8.65. The molecule has 0 saturated heterocycles. The van der Waals surface area contributed by atoms with E-state index in [1.165, 1.54) is 18.3 Å². The van der Waals surface area contributed by atoms with Gasteiger partial charge in [0.05, 0.1) is 0 Å². The molecule has 110 valence electrons. The fourth-order valence-electron chi connectivity index (χ4n) is 2.10. The summed E-state index contributed by atoms with van der Waals surface area (Å²) in [7, 11) is 0. The van der Waals surface area contributed by atoms with E-state index in [0.29, 0.717) is 5.75 Å². The Morgan fingerprint density at radius 3 is 2.48 bits per heavy atom. The van der Waals surface area contributed by atoms with Gasteiger partial charge >= 0.3 is 134 Å². The van der Waals surface area contributed by atoms with Crippen molar-refractivity contribution in [1.82, 2.24) is 0 Å². The van der Waals surface area contributed by atoms with Crippen molar-refractivity contribution in [3.8, 4) is 16.9 Å². The number of hydrogen-bond acceptors (Lipinski definition) is 3.